The van der Waals surface area contributed by atoms with Gasteiger partial charge in [-0.3, -0.25) is 4.79 Å². The first kappa shape index (κ1) is 22.9. The van der Waals surface area contributed by atoms with Crippen molar-refractivity contribution in [1.82, 2.24) is 4.98 Å². The summed E-state index contributed by atoms with van der Waals surface area (Å²) in [6, 6.07) is 7.41. The highest BCUT2D eigenvalue weighted by molar-refractivity contribution is 7.21. The Morgan fingerprint density at radius 1 is 1.21 bits per heavy atom. The summed E-state index contributed by atoms with van der Waals surface area (Å²) >= 11 is 1.42. The van der Waals surface area contributed by atoms with Crippen molar-refractivity contribution in [3.05, 3.63) is 40.3 Å². The summed E-state index contributed by atoms with van der Waals surface area (Å²) in [5, 5.41) is 7.32. The molecule has 34 heavy (non-hydrogen) atoms. The predicted octanol–water partition coefficient (Wildman–Crippen LogP) is 4.29. The molecule has 2 aliphatic heterocycles. The maximum absolute atomic E-state index is 13.4. The molecule has 5 rings (SSSR count). The van der Waals surface area contributed by atoms with Gasteiger partial charge in [0, 0.05) is 37.5 Å². The molecule has 0 saturated carbocycles. The lowest BCUT2D eigenvalue weighted by Crippen LogP contribution is -2.39. The number of rotatable bonds is 5. The van der Waals surface area contributed by atoms with Gasteiger partial charge in [0.1, 0.15) is 21.3 Å². The van der Waals surface area contributed by atoms with Crippen LogP contribution in [0.2, 0.25) is 0 Å². The number of para-hydroxylation sites is 2. The van der Waals surface area contributed by atoms with Gasteiger partial charge in [-0.05, 0) is 31.5 Å². The summed E-state index contributed by atoms with van der Waals surface area (Å²) in [5.41, 5.74) is 3.46. The highest BCUT2D eigenvalue weighted by Crippen LogP contribution is 2.45. The Hall–Kier alpha value is -2.88. The highest BCUT2D eigenvalue weighted by atomic mass is 32.1. The van der Waals surface area contributed by atoms with Crippen molar-refractivity contribution in [3.63, 3.8) is 0 Å². The summed E-state index contributed by atoms with van der Waals surface area (Å²) in [6.07, 6.45) is 0.748. The molecular weight excluding hydrogens is 452 g/mol. The van der Waals surface area contributed by atoms with E-state index in [1.165, 1.54) is 16.9 Å². The SMILES string of the molecule is CNc1c(C(=O)Nc2ccccc2OC)sc2nc(N3CCOCC3)c3c(c12)CC(C)(C)OC3. The van der Waals surface area contributed by atoms with Crippen LogP contribution in [0.5, 0.6) is 5.75 Å². The van der Waals surface area contributed by atoms with Gasteiger partial charge in [0.25, 0.3) is 5.91 Å². The Labute approximate surface area is 203 Å². The van der Waals surface area contributed by atoms with Crippen LogP contribution in [0.25, 0.3) is 10.2 Å². The highest BCUT2D eigenvalue weighted by Gasteiger charge is 2.34. The quantitative estimate of drug-likeness (QED) is 0.561. The number of fused-ring (bicyclic) bond motifs is 3. The number of aromatic nitrogens is 1. The van der Waals surface area contributed by atoms with Gasteiger partial charge in [-0.1, -0.05) is 12.1 Å². The third kappa shape index (κ3) is 4.08. The van der Waals surface area contributed by atoms with E-state index >= 15 is 0 Å². The summed E-state index contributed by atoms with van der Waals surface area (Å²) in [7, 11) is 3.45. The second kappa shape index (κ2) is 9.05. The van der Waals surface area contributed by atoms with Crippen LogP contribution in [-0.2, 0) is 22.5 Å². The molecule has 2 aliphatic rings. The van der Waals surface area contributed by atoms with Gasteiger partial charge in [-0.15, -0.1) is 11.3 Å². The van der Waals surface area contributed by atoms with Crippen molar-refractivity contribution in [2.45, 2.75) is 32.5 Å². The van der Waals surface area contributed by atoms with Gasteiger partial charge < -0.3 is 29.7 Å². The first-order valence-electron chi connectivity index (χ1n) is 11.5. The van der Waals surface area contributed by atoms with Gasteiger partial charge in [-0.2, -0.15) is 0 Å². The Kier molecular flexibility index (Phi) is 6.09. The van der Waals surface area contributed by atoms with Gasteiger partial charge in [0.2, 0.25) is 0 Å². The van der Waals surface area contributed by atoms with E-state index in [4.69, 9.17) is 19.2 Å². The number of hydrogen-bond donors (Lipinski definition) is 2. The van der Waals surface area contributed by atoms with Crippen LogP contribution in [0.15, 0.2) is 24.3 Å². The van der Waals surface area contributed by atoms with Crippen molar-refractivity contribution in [1.29, 1.82) is 0 Å². The number of hydrogen-bond acceptors (Lipinski definition) is 8. The first-order chi connectivity index (χ1) is 16.4. The molecule has 0 spiro atoms. The zero-order valence-corrected chi connectivity index (χ0v) is 20.8. The summed E-state index contributed by atoms with van der Waals surface area (Å²) in [5.74, 6) is 1.37. The fourth-order valence-electron chi connectivity index (χ4n) is 4.68. The van der Waals surface area contributed by atoms with Crippen LogP contribution in [0, 0.1) is 0 Å². The zero-order chi connectivity index (χ0) is 23.9. The molecule has 1 amide bonds. The molecule has 4 heterocycles. The smallest absolute Gasteiger partial charge is 0.268 e. The molecule has 2 N–H and O–H groups in total. The monoisotopic (exact) mass is 482 g/mol. The minimum atomic E-state index is -0.295. The summed E-state index contributed by atoms with van der Waals surface area (Å²) in [4.78, 5) is 22.2. The molecule has 8 nitrogen and oxygen atoms in total. The summed E-state index contributed by atoms with van der Waals surface area (Å²) in [6.45, 7) is 7.66. The topological polar surface area (TPSA) is 85.0 Å². The third-order valence-electron chi connectivity index (χ3n) is 6.36. The van der Waals surface area contributed by atoms with Crippen LogP contribution in [0.4, 0.5) is 17.2 Å². The number of morpholine rings is 1. The van der Waals surface area contributed by atoms with Crippen molar-refractivity contribution >= 4 is 44.7 Å². The van der Waals surface area contributed by atoms with Gasteiger partial charge in [-0.25, -0.2) is 4.98 Å². The molecule has 1 aromatic carbocycles. The molecule has 2 aromatic heterocycles. The Morgan fingerprint density at radius 3 is 2.71 bits per heavy atom. The lowest BCUT2D eigenvalue weighted by atomic mass is 9.89. The molecule has 0 unspecified atom stereocenters. The van der Waals surface area contributed by atoms with Crippen molar-refractivity contribution in [2.75, 3.05) is 56.0 Å². The predicted molar refractivity (Wildman–Crippen MR) is 136 cm³/mol. The van der Waals surface area contributed by atoms with E-state index in [9.17, 15) is 4.79 Å². The number of nitrogens with zero attached hydrogens (tertiary/aromatic N) is 2. The zero-order valence-electron chi connectivity index (χ0n) is 20.0. The van der Waals surface area contributed by atoms with E-state index in [1.54, 1.807) is 7.11 Å². The molecular formula is C25H30N4O4S. The van der Waals surface area contributed by atoms with Crippen molar-refractivity contribution in [2.24, 2.45) is 0 Å². The number of pyridine rings is 1. The number of amides is 1. The number of thiophene rings is 1. The van der Waals surface area contributed by atoms with Crippen LogP contribution in [0.3, 0.4) is 0 Å². The molecule has 0 radical (unpaired) electrons. The molecule has 1 fully saturated rings. The summed E-state index contributed by atoms with van der Waals surface area (Å²) < 4.78 is 17.2. The van der Waals surface area contributed by atoms with E-state index in [-0.39, 0.29) is 11.5 Å². The van der Waals surface area contributed by atoms with E-state index < -0.39 is 0 Å². The fourth-order valence-corrected chi connectivity index (χ4v) is 5.78. The Bertz CT molecular complexity index is 1230. The van der Waals surface area contributed by atoms with E-state index in [2.05, 4.69) is 29.4 Å². The lowest BCUT2D eigenvalue weighted by Gasteiger charge is -2.36. The minimum absolute atomic E-state index is 0.190. The maximum atomic E-state index is 13.4. The lowest BCUT2D eigenvalue weighted by molar-refractivity contribution is -0.0396. The Balaban J connectivity index is 1.64. The minimum Gasteiger partial charge on any atom is -0.495 e. The largest absolute Gasteiger partial charge is 0.495 e. The van der Waals surface area contributed by atoms with Crippen molar-refractivity contribution < 1.29 is 19.0 Å². The molecule has 3 aromatic rings. The van der Waals surface area contributed by atoms with Gasteiger partial charge in [0.15, 0.2) is 0 Å². The second-order valence-corrected chi connectivity index (χ2v) is 10.1. The number of ether oxygens (including phenoxy) is 3. The Morgan fingerprint density at radius 2 is 1.97 bits per heavy atom. The number of anilines is 3. The van der Waals surface area contributed by atoms with E-state index in [0.717, 1.165) is 46.8 Å². The molecule has 1 saturated heterocycles. The third-order valence-corrected chi connectivity index (χ3v) is 7.45. The fraction of sp³-hybridized carbons (Fsp3) is 0.440. The van der Waals surface area contributed by atoms with Crippen LogP contribution < -0.4 is 20.3 Å². The number of nitrogens with one attached hydrogen (secondary N) is 2. The van der Waals surface area contributed by atoms with Crippen LogP contribution >= 0.6 is 11.3 Å². The van der Waals surface area contributed by atoms with Crippen LogP contribution in [0.1, 0.15) is 34.6 Å². The molecule has 0 atom stereocenters. The number of methoxy groups -OCH3 is 1. The average molecular weight is 483 g/mol. The second-order valence-electron chi connectivity index (χ2n) is 9.11. The molecule has 0 aliphatic carbocycles. The van der Waals surface area contributed by atoms with E-state index in [1.807, 2.05) is 31.3 Å². The number of carbonyl (C=O) groups excluding carboxylic acids is 1. The normalized spacial score (nSPS) is 17.4. The number of benzene rings is 1. The maximum Gasteiger partial charge on any atom is 0.268 e. The first-order valence-corrected chi connectivity index (χ1v) is 12.3. The average Bonchev–Trinajstić information content (AvgIpc) is 3.23. The van der Waals surface area contributed by atoms with E-state index in [0.29, 0.717) is 36.1 Å². The molecule has 180 valence electrons. The van der Waals surface area contributed by atoms with Crippen molar-refractivity contribution in [3.8, 4) is 5.75 Å². The van der Waals surface area contributed by atoms with Crippen LogP contribution in [-0.4, -0.2) is 57.0 Å². The molecule has 9 heteroatoms. The van der Waals surface area contributed by atoms with Gasteiger partial charge in [0.05, 0.1) is 43.9 Å². The number of carbonyl (C=O) groups is 1. The standard InChI is InChI=1S/C25H30N4O4S/c1-25(2)13-15-16(14-33-25)22(29-9-11-32-12-10-29)28-24-19(15)20(26-3)21(34-24)23(30)27-17-7-5-6-8-18(17)31-4/h5-8,26H,9-14H2,1-4H3,(H,27,30). The van der Waals surface area contributed by atoms with Gasteiger partial charge >= 0.3 is 0 Å². The molecule has 0 bridgehead atoms.